The van der Waals surface area contributed by atoms with Gasteiger partial charge in [-0.3, -0.25) is 9.59 Å². The van der Waals surface area contributed by atoms with Gasteiger partial charge in [0.05, 0.1) is 5.56 Å². The summed E-state index contributed by atoms with van der Waals surface area (Å²) in [6.45, 7) is 5.48. The minimum absolute atomic E-state index is 0.00937. The van der Waals surface area contributed by atoms with Crippen LogP contribution in [0.15, 0.2) is 53.0 Å². The molecule has 170 valence electrons. The number of carbonyl (C=O) groups is 2. The highest BCUT2D eigenvalue weighted by molar-refractivity contribution is 9.10. The summed E-state index contributed by atoms with van der Waals surface area (Å²) in [5, 5.41) is 6.25. The van der Waals surface area contributed by atoms with Crippen LogP contribution in [-0.4, -0.2) is 62.0 Å². The number of halogens is 1. The number of anilines is 1. The SMILES string of the molecule is O=C(NC1CCN(c2ccccc2C(=O)NCCN2CCCC2)CC1)c1cccc(Br)c1. The monoisotopic (exact) mass is 498 g/mol. The van der Waals surface area contributed by atoms with E-state index in [0.717, 1.165) is 61.3 Å². The van der Waals surface area contributed by atoms with Gasteiger partial charge >= 0.3 is 0 Å². The molecule has 32 heavy (non-hydrogen) atoms. The molecule has 2 N–H and O–H groups in total. The lowest BCUT2D eigenvalue weighted by molar-refractivity contribution is 0.0929. The Morgan fingerprint density at radius 3 is 2.44 bits per heavy atom. The van der Waals surface area contributed by atoms with E-state index in [1.165, 1.54) is 12.8 Å². The maximum absolute atomic E-state index is 12.9. The van der Waals surface area contributed by atoms with Gasteiger partial charge in [-0.25, -0.2) is 0 Å². The van der Waals surface area contributed by atoms with Crippen LogP contribution >= 0.6 is 15.9 Å². The minimum atomic E-state index is -0.0393. The smallest absolute Gasteiger partial charge is 0.253 e. The Balaban J connectivity index is 1.30. The number of piperidine rings is 1. The lowest BCUT2D eigenvalue weighted by Gasteiger charge is -2.35. The number of hydrogen-bond acceptors (Lipinski definition) is 4. The van der Waals surface area contributed by atoms with Gasteiger partial charge in [0, 0.05) is 47.9 Å². The van der Waals surface area contributed by atoms with E-state index in [1.54, 1.807) is 0 Å². The second-order valence-corrected chi connectivity index (χ2v) is 9.48. The molecule has 2 saturated heterocycles. The lowest BCUT2D eigenvalue weighted by Crippen LogP contribution is -2.45. The molecule has 0 aromatic heterocycles. The number of nitrogens with one attached hydrogen (secondary N) is 2. The van der Waals surface area contributed by atoms with Gasteiger partial charge in [0.2, 0.25) is 0 Å². The fourth-order valence-corrected chi connectivity index (χ4v) is 4.93. The van der Waals surface area contributed by atoms with Gasteiger partial charge in [-0.15, -0.1) is 0 Å². The molecule has 0 aliphatic carbocycles. The average Bonchev–Trinajstić information content (AvgIpc) is 3.33. The summed E-state index contributed by atoms with van der Waals surface area (Å²) in [7, 11) is 0. The Bertz CT molecular complexity index is 937. The Labute approximate surface area is 198 Å². The third kappa shape index (κ3) is 5.90. The molecule has 6 nitrogen and oxygen atoms in total. The summed E-state index contributed by atoms with van der Waals surface area (Å²) in [6, 6.07) is 15.4. The molecule has 2 aliphatic rings. The van der Waals surface area contributed by atoms with Crippen LogP contribution in [0.2, 0.25) is 0 Å². The molecular formula is C25H31BrN4O2. The first-order chi connectivity index (χ1) is 15.6. The van der Waals surface area contributed by atoms with E-state index in [0.29, 0.717) is 12.1 Å². The fraction of sp³-hybridized carbons (Fsp3) is 0.440. The highest BCUT2D eigenvalue weighted by Gasteiger charge is 2.24. The first-order valence-corrected chi connectivity index (χ1v) is 12.3. The molecule has 0 unspecified atom stereocenters. The predicted molar refractivity (Wildman–Crippen MR) is 131 cm³/mol. The molecule has 2 aliphatic heterocycles. The second-order valence-electron chi connectivity index (χ2n) is 8.57. The summed E-state index contributed by atoms with van der Waals surface area (Å²) in [6.07, 6.45) is 4.22. The molecule has 0 radical (unpaired) electrons. The molecule has 0 bridgehead atoms. The molecule has 0 saturated carbocycles. The number of para-hydroxylation sites is 1. The van der Waals surface area contributed by atoms with Crippen molar-refractivity contribution in [2.75, 3.05) is 44.2 Å². The van der Waals surface area contributed by atoms with Crippen molar-refractivity contribution in [1.82, 2.24) is 15.5 Å². The van der Waals surface area contributed by atoms with Crippen LogP contribution in [0.1, 0.15) is 46.4 Å². The Morgan fingerprint density at radius 2 is 1.69 bits per heavy atom. The van der Waals surface area contributed by atoms with Crippen LogP contribution in [0.5, 0.6) is 0 Å². The zero-order valence-electron chi connectivity index (χ0n) is 18.4. The van der Waals surface area contributed by atoms with Crippen LogP contribution in [-0.2, 0) is 0 Å². The molecular weight excluding hydrogens is 468 g/mol. The minimum Gasteiger partial charge on any atom is -0.371 e. The van der Waals surface area contributed by atoms with Crippen molar-refractivity contribution in [1.29, 1.82) is 0 Å². The number of hydrogen-bond donors (Lipinski definition) is 2. The zero-order chi connectivity index (χ0) is 22.3. The number of amides is 2. The number of rotatable bonds is 7. The molecule has 4 rings (SSSR count). The van der Waals surface area contributed by atoms with Crippen molar-refractivity contribution in [2.24, 2.45) is 0 Å². The predicted octanol–water partition coefficient (Wildman–Crippen LogP) is 3.67. The van der Waals surface area contributed by atoms with Gasteiger partial charge in [-0.2, -0.15) is 0 Å². The number of carbonyl (C=O) groups excluding carboxylic acids is 2. The van der Waals surface area contributed by atoms with Gasteiger partial charge in [0.25, 0.3) is 11.8 Å². The Kier molecular flexibility index (Phi) is 7.81. The summed E-state index contributed by atoms with van der Waals surface area (Å²) in [5.41, 5.74) is 2.37. The van der Waals surface area contributed by atoms with Gasteiger partial charge in [0.1, 0.15) is 0 Å². The normalized spacial score (nSPS) is 17.3. The highest BCUT2D eigenvalue weighted by atomic mass is 79.9. The first kappa shape index (κ1) is 22.8. The molecule has 0 atom stereocenters. The molecule has 2 aromatic rings. The van der Waals surface area contributed by atoms with Crippen molar-refractivity contribution < 1.29 is 9.59 Å². The van der Waals surface area contributed by atoms with Crippen LogP contribution in [0.4, 0.5) is 5.69 Å². The third-order valence-corrected chi connectivity index (χ3v) is 6.81. The van der Waals surface area contributed by atoms with Crippen LogP contribution in [0.3, 0.4) is 0 Å². The maximum atomic E-state index is 12.9. The number of likely N-dealkylation sites (tertiary alicyclic amines) is 1. The van der Waals surface area contributed by atoms with Crippen molar-refractivity contribution in [3.05, 3.63) is 64.1 Å². The van der Waals surface area contributed by atoms with E-state index in [9.17, 15) is 9.59 Å². The van der Waals surface area contributed by atoms with E-state index < -0.39 is 0 Å². The van der Waals surface area contributed by atoms with Gasteiger partial charge in [0.15, 0.2) is 0 Å². The van der Waals surface area contributed by atoms with E-state index in [2.05, 4.69) is 36.4 Å². The highest BCUT2D eigenvalue weighted by Crippen LogP contribution is 2.24. The van der Waals surface area contributed by atoms with Crippen molar-refractivity contribution in [2.45, 2.75) is 31.7 Å². The van der Waals surface area contributed by atoms with Gasteiger partial charge in [-0.05, 0) is 69.1 Å². The third-order valence-electron chi connectivity index (χ3n) is 6.32. The van der Waals surface area contributed by atoms with Gasteiger partial charge < -0.3 is 20.4 Å². The first-order valence-electron chi connectivity index (χ1n) is 11.5. The van der Waals surface area contributed by atoms with Crippen molar-refractivity contribution >= 4 is 33.4 Å². The van der Waals surface area contributed by atoms with Crippen molar-refractivity contribution in [3.8, 4) is 0 Å². The average molecular weight is 499 g/mol. The zero-order valence-corrected chi connectivity index (χ0v) is 19.9. The largest absolute Gasteiger partial charge is 0.371 e. The summed E-state index contributed by atoms with van der Waals surface area (Å²) >= 11 is 3.42. The van der Waals surface area contributed by atoms with Crippen LogP contribution in [0, 0.1) is 0 Å². The number of nitrogens with zero attached hydrogens (tertiary/aromatic N) is 2. The van der Waals surface area contributed by atoms with Crippen LogP contribution < -0.4 is 15.5 Å². The number of benzene rings is 2. The summed E-state index contributed by atoms with van der Waals surface area (Å²) in [5.74, 6) is -0.0487. The fourth-order valence-electron chi connectivity index (χ4n) is 4.53. The van der Waals surface area contributed by atoms with Crippen molar-refractivity contribution in [3.63, 3.8) is 0 Å². The van der Waals surface area contributed by atoms with E-state index in [-0.39, 0.29) is 17.9 Å². The second kappa shape index (κ2) is 11.0. The summed E-state index contributed by atoms with van der Waals surface area (Å²) in [4.78, 5) is 30.1. The Morgan fingerprint density at radius 1 is 0.938 bits per heavy atom. The molecule has 2 fully saturated rings. The topological polar surface area (TPSA) is 64.7 Å². The molecule has 2 aromatic carbocycles. The van der Waals surface area contributed by atoms with E-state index in [4.69, 9.17) is 0 Å². The Hall–Kier alpha value is -2.38. The molecule has 7 heteroatoms. The standard InChI is InChI=1S/C25H31BrN4O2/c26-20-7-5-6-19(18-20)24(31)28-21-10-15-30(16-11-21)23-9-2-1-8-22(23)25(32)27-12-17-29-13-3-4-14-29/h1-2,5-9,18,21H,3-4,10-17H2,(H,27,32)(H,28,31). The summed E-state index contributed by atoms with van der Waals surface area (Å²) < 4.78 is 0.898. The van der Waals surface area contributed by atoms with E-state index >= 15 is 0 Å². The lowest BCUT2D eigenvalue weighted by atomic mass is 10.0. The van der Waals surface area contributed by atoms with Gasteiger partial charge in [-0.1, -0.05) is 34.1 Å². The maximum Gasteiger partial charge on any atom is 0.253 e. The molecule has 0 spiro atoms. The van der Waals surface area contributed by atoms with Crippen LogP contribution in [0.25, 0.3) is 0 Å². The van der Waals surface area contributed by atoms with E-state index in [1.807, 2.05) is 48.5 Å². The quantitative estimate of drug-likeness (QED) is 0.611. The molecule has 2 amide bonds. The molecule has 2 heterocycles.